The highest BCUT2D eigenvalue weighted by Gasteiger charge is 2.21. The number of nitrogens with zero attached hydrogens (tertiary/aromatic N) is 1. The van der Waals surface area contributed by atoms with Crippen LogP contribution < -0.4 is 15.2 Å². The van der Waals surface area contributed by atoms with Gasteiger partial charge in [-0.15, -0.1) is 0 Å². The average molecular weight is 268 g/mol. The van der Waals surface area contributed by atoms with Gasteiger partial charge in [0.05, 0.1) is 13.3 Å². The quantitative estimate of drug-likeness (QED) is 0.414. The predicted octanol–water partition coefficient (Wildman–Crippen LogP) is -2.39. The third-order valence-electron chi connectivity index (χ3n) is 3.17. The van der Waals surface area contributed by atoms with Gasteiger partial charge >= 0.3 is 0 Å². The summed E-state index contributed by atoms with van der Waals surface area (Å²) < 4.78 is 0. The highest BCUT2D eigenvalue weighted by Crippen LogP contribution is 2.01. The van der Waals surface area contributed by atoms with E-state index in [2.05, 4.69) is 17.6 Å². The van der Waals surface area contributed by atoms with Crippen molar-refractivity contribution in [3.05, 3.63) is 22.4 Å². The summed E-state index contributed by atoms with van der Waals surface area (Å²) in [6.07, 6.45) is 1.68. The fourth-order valence-corrected chi connectivity index (χ4v) is 2.61. The number of hydrogen-bond donors (Lipinski definition) is 3. The van der Waals surface area contributed by atoms with Crippen molar-refractivity contribution in [3.8, 4) is 0 Å². The summed E-state index contributed by atoms with van der Waals surface area (Å²) in [6, 6.07) is 1.97. The molecule has 1 saturated heterocycles. The predicted molar refractivity (Wildman–Crippen MR) is 72.2 cm³/mol. The first-order valence-corrected chi connectivity index (χ1v) is 7.17. The minimum Gasteiger partial charge on any atom is -0.328 e. The number of carbonyl (C=O) groups excluding carboxylic acids is 1. The summed E-state index contributed by atoms with van der Waals surface area (Å²) in [7, 11) is 2.20. The third-order valence-corrected chi connectivity index (χ3v) is 3.87. The first-order valence-electron chi connectivity index (χ1n) is 6.23. The van der Waals surface area contributed by atoms with Crippen LogP contribution in [0.1, 0.15) is 5.56 Å². The maximum absolute atomic E-state index is 11.7. The van der Waals surface area contributed by atoms with Crippen LogP contribution in [0.4, 0.5) is 0 Å². The van der Waals surface area contributed by atoms with Gasteiger partial charge in [0.15, 0.2) is 6.54 Å². The van der Waals surface area contributed by atoms with E-state index < -0.39 is 0 Å². The molecule has 1 aromatic heterocycles. The van der Waals surface area contributed by atoms with Crippen LogP contribution in [0.5, 0.6) is 0 Å². The largest absolute Gasteiger partial charge is 0.328 e. The molecular formula is C12H20N4OS+2. The first-order chi connectivity index (χ1) is 8.74. The number of amides is 1. The molecule has 0 aliphatic carbocycles. The molecule has 1 aromatic rings. The first kappa shape index (κ1) is 13.2. The van der Waals surface area contributed by atoms with Gasteiger partial charge < -0.3 is 9.80 Å². The molecule has 0 aromatic carbocycles. The molecule has 98 valence electrons. The lowest BCUT2D eigenvalue weighted by Gasteiger charge is -2.26. The lowest BCUT2D eigenvalue weighted by atomic mass is 10.3. The molecule has 1 amide bonds. The second-order valence-corrected chi connectivity index (χ2v) is 5.51. The molecule has 2 heterocycles. The fourth-order valence-electron chi connectivity index (χ4n) is 2.00. The minimum absolute atomic E-state index is 0.00367. The number of nitrogens with one attached hydrogen (secondary N) is 3. The van der Waals surface area contributed by atoms with Crippen LogP contribution in [0.2, 0.25) is 0 Å². The van der Waals surface area contributed by atoms with Crippen LogP contribution in [-0.2, 0) is 4.79 Å². The Bertz CT molecular complexity index is 396. The van der Waals surface area contributed by atoms with Gasteiger partial charge in [0, 0.05) is 5.56 Å². The molecule has 0 saturated carbocycles. The number of rotatable bonds is 4. The van der Waals surface area contributed by atoms with E-state index in [1.807, 2.05) is 16.8 Å². The number of carbonyl (C=O) groups is 1. The third kappa shape index (κ3) is 4.21. The molecule has 1 aliphatic heterocycles. The Morgan fingerprint density at radius 2 is 2.28 bits per heavy atom. The fraction of sp³-hybridized carbons (Fsp3) is 0.500. The van der Waals surface area contributed by atoms with E-state index in [0.717, 1.165) is 31.7 Å². The van der Waals surface area contributed by atoms with Crippen molar-refractivity contribution in [1.29, 1.82) is 0 Å². The van der Waals surface area contributed by atoms with Crippen molar-refractivity contribution in [3.63, 3.8) is 0 Å². The molecule has 3 N–H and O–H groups in total. The molecule has 0 radical (unpaired) electrons. The highest BCUT2D eigenvalue weighted by molar-refractivity contribution is 7.08. The summed E-state index contributed by atoms with van der Waals surface area (Å²) >= 11 is 1.62. The molecule has 0 unspecified atom stereocenters. The van der Waals surface area contributed by atoms with E-state index in [1.165, 1.54) is 4.90 Å². The topological polar surface area (TPSA) is 50.3 Å². The molecular weight excluding hydrogens is 248 g/mol. The van der Waals surface area contributed by atoms with E-state index in [-0.39, 0.29) is 5.91 Å². The van der Waals surface area contributed by atoms with Crippen LogP contribution in [0.15, 0.2) is 21.9 Å². The van der Waals surface area contributed by atoms with Crippen LogP contribution in [0, 0.1) is 0 Å². The SMILES string of the molecule is C[NH+]1CC[NH+](CC(=O)NN=Cc2ccsc2)CC1. The number of hydrogen-bond acceptors (Lipinski definition) is 3. The van der Waals surface area contributed by atoms with Gasteiger partial charge in [0.1, 0.15) is 26.2 Å². The smallest absolute Gasteiger partial charge is 0.295 e. The zero-order valence-electron chi connectivity index (χ0n) is 10.6. The summed E-state index contributed by atoms with van der Waals surface area (Å²) in [5.41, 5.74) is 3.61. The monoisotopic (exact) mass is 268 g/mol. The molecule has 1 aliphatic rings. The van der Waals surface area contributed by atoms with Crippen molar-refractivity contribution < 1.29 is 14.6 Å². The van der Waals surface area contributed by atoms with E-state index in [1.54, 1.807) is 22.5 Å². The van der Waals surface area contributed by atoms with Crippen LogP contribution >= 0.6 is 11.3 Å². The Hall–Kier alpha value is -1.24. The van der Waals surface area contributed by atoms with Crippen LogP contribution in [-0.4, -0.2) is 51.9 Å². The zero-order valence-corrected chi connectivity index (χ0v) is 11.4. The summed E-state index contributed by atoms with van der Waals surface area (Å²) in [5.74, 6) is -0.00367. The summed E-state index contributed by atoms with van der Waals surface area (Å²) in [6.45, 7) is 4.93. The van der Waals surface area contributed by atoms with Crippen molar-refractivity contribution >= 4 is 23.5 Å². The van der Waals surface area contributed by atoms with Crippen LogP contribution in [0.25, 0.3) is 0 Å². The second-order valence-electron chi connectivity index (χ2n) is 4.73. The van der Waals surface area contributed by atoms with Crippen molar-refractivity contribution in [2.75, 3.05) is 39.8 Å². The highest BCUT2D eigenvalue weighted by atomic mass is 32.1. The van der Waals surface area contributed by atoms with Gasteiger partial charge in [0.25, 0.3) is 5.91 Å². The van der Waals surface area contributed by atoms with E-state index in [4.69, 9.17) is 0 Å². The van der Waals surface area contributed by atoms with Gasteiger partial charge in [0.2, 0.25) is 0 Å². The molecule has 0 atom stereocenters. The van der Waals surface area contributed by atoms with Gasteiger partial charge in [-0.3, -0.25) is 4.79 Å². The Balaban J connectivity index is 1.69. The molecule has 0 bridgehead atoms. The van der Waals surface area contributed by atoms with Crippen molar-refractivity contribution in [1.82, 2.24) is 5.43 Å². The number of quaternary nitrogens is 2. The average Bonchev–Trinajstić information content (AvgIpc) is 2.85. The molecule has 6 heteroatoms. The molecule has 5 nitrogen and oxygen atoms in total. The Morgan fingerprint density at radius 3 is 2.94 bits per heavy atom. The maximum Gasteiger partial charge on any atom is 0.295 e. The molecule has 18 heavy (non-hydrogen) atoms. The van der Waals surface area contributed by atoms with Gasteiger partial charge in [-0.2, -0.15) is 16.4 Å². The minimum atomic E-state index is -0.00367. The lowest BCUT2D eigenvalue weighted by Crippen LogP contribution is -3.27. The Morgan fingerprint density at radius 1 is 1.50 bits per heavy atom. The standard InChI is InChI=1S/C12H18N4OS/c1-15-3-5-16(6-4-15)9-12(17)14-13-8-11-2-7-18-10-11/h2,7-8,10H,3-6,9H2,1H3,(H,14,17)/p+2. The van der Waals surface area contributed by atoms with Gasteiger partial charge in [-0.05, 0) is 16.8 Å². The Labute approximate surface area is 111 Å². The van der Waals surface area contributed by atoms with Crippen LogP contribution in [0.3, 0.4) is 0 Å². The number of likely N-dealkylation sites (N-methyl/N-ethyl adjacent to an activating group) is 1. The molecule has 1 fully saturated rings. The summed E-state index contributed by atoms with van der Waals surface area (Å²) in [4.78, 5) is 14.6. The number of thiophene rings is 1. The molecule has 0 spiro atoms. The number of piperazine rings is 1. The van der Waals surface area contributed by atoms with Gasteiger partial charge in [-0.25, -0.2) is 5.43 Å². The van der Waals surface area contributed by atoms with Crippen molar-refractivity contribution in [2.45, 2.75) is 0 Å². The van der Waals surface area contributed by atoms with Gasteiger partial charge in [-0.1, -0.05) is 0 Å². The van der Waals surface area contributed by atoms with E-state index in [9.17, 15) is 4.79 Å². The molecule has 2 rings (SSSR count). The summed E-state index contributed by atoms with van der Waals surface area (Å²) in [5, 5.41) is 7.93. The van der Waals surface area contributed by atoms with E-state index >= 15 is 0 Å². The Kier molecular flexibility index (Phi) is 4.86. The lowest BCUT2D eigenvalue weighted by molar-refractivity contribution is -1.000. The van der Waals surface area contributed by atoms with Crippen molar-refractivity contribution in [2.24, 2.45) is 5.10 Å². The van der Waals surface area contributed by atoms with E-state index in [0.29, 0.717) is 6.54 Å². The zero-order chi connectivity index (χ0) is 12.8. The number of hydrazone groups is 1. The maximum atomic E-state index is 11.7. The normalized spacial score (nSPS) is 24.3. The second kappa shape index (κ2) is 6.63.